The van der Waals surface area contributed by atoms with Crippen LogP contribution in [0.3, 0.4) is 0 Å². The number of aromatic nitrogens is 4. The third kappa shape index (κ3) is 3.77. The van der Waals surface area contributed by atoms with Gasteiger partial charge in [-0.25, -0.2) is 9.78 Å². The Balaban J connectivity index is 1.87. The zero-order valence-corrected chi connectivity index (χ0v) is 17.4. The second-order valence-corrected chi connectivity index (χ2v) is 7.46. The lowest BCUT2D eigenvalue weighted by molar-refractivity contribution is 0.0929. The molecule has 0 saturated carbocycles. The Morgan fingerprint density at radius 3 is 2.63 bits per heavy atom. The topological polar surface area (TPSA) is 91.3 Å². The molecule has 8 nitrogen and oxygen atoms in total. The van der Waals surface area contributed by atoms with E-state index >= 15 is 0 Å². The van der Waals surface area contributed by atoms with E-state index in [0.717, 1.165) is 4.57 Å². The number of benzene rings is 1. The summed E-state index contributed by atoms with van der Waals surface area (Å²) in [5.41, 5.74) is -0.551. The van der Waals surface area contributed by atoms with Crippen molar-refractivity contribution in [3.63, 3.8) is 0 Å². The number of aliphatic hydroxyl groups excluding tert-OH is 1. The summed E-state index contributed by atoms with van der Waals surface area (Å²) < 4.78 is 9.60. The Labute approximate surface area is 171 Å². The van der Waals surface area contributed by atoms with Crippen LogP contribution in [-0.2, 0) is 20.6 Å². The van der Waals surface area contributed by atoms with Gasteiger partial charge in [-0.15, -0.1) is 0 Å². The first kappa shape index (κ1) is 19.9. The first-order chi connectivity index (χ1) is 12.7. The number of hydrogen-bond acceptors (Lipinski definition) is 5. The van der Waals surface area contributed by atoms with E-state index in [0.29, 0.717) is 20.5 Å². The maximum atomic E-state index is 12.5. The fourth-order valence-corrected chi connectivity index (χ4v) is 3.58. The Hall–Kier alpha value is -1.81. The van der Waals surface area contributed by atoms with Crippen LogP contribution < -0.4 is 16.0 Å². The quantitative estimate of drug-likeness (QED) is 0.567. The maximum absolute atomic E-state index is 12.5. The lowest BCUT2D eigenvalue weighted by atomic mass is 10.3. The summed E-state index contributed by atoms with van der Waals surface area (Å²) in [7, 11) is 2.91. The van der Waals surface area contributed by atoms with Crippen molar-refractivity contribution in [3.05, 3.63) is 53.8 Å². The van der Waals surface area contributed by atoms with Gasteiger partial charge >= 0.3 is 5.69 Å². The molecule has 0 saturated heterocycles. The highest BCUT2D eigenvalue weighted by Gasteiger charge is 2.20. The van der Waals surface area contributed by atoms with Crippen molar-refractivity contribution < 1.29 is 9.84 Å². The summed E-state index contributed by atoms with van der Waals surface area (Å²) in [5.74, 6) is 0.382. The monoisotopic (exact) mass is 476 g/mol. The number of rotatable bonds is 5. The van der Waals surface area contributed by atoms with Crippen molar-refractivity contribution in [1.82, 2.24) is 18.7 Å². The van der Waals surface area contributed by atoms with Crippen molar-refractivity contribution in [3.8, 4) is 5.75 Å². The van der Waals surface area contributed by atoms with Crippen LogP contribution >= 0.6 is 39.1 Å². The zero-order chi connectivity index (χ0) is 19.9. The van der Waals surface area contributed by atoms with Crippen LogP contribution in [0.4, 0.5) is 0 Å². The molecule has 1 unspecified atom stereocenters. The summed E-state index contributed by atoms with van der Waals surface area (Å²) in [6, 6.07) is 4.76. The SMILES string of the molecule is Cn1c(=O)c2c(nc(Br)n2CC(O)COc2ccc(Cl)cc2Cl)n(C)c1=O. The normalized spacial score (nSPS) is 12.5. The first-order valence-electron chi connectivity index (χ1n) is 7.78. The van der Waals surface area contributed by atoms with Crippen molar-refractivity contribution in [2.75, 3.05) is 6.61 Å². The number of nitrogens with zero attached hydrogens (tertiary/aromatic N) is 4. The number of imidazole rings is 1. The Bertz CT molecular complexity index is 1140. The number of aliphatic hydroxyl groups is 1. The molecule has 144 valence electrons. The molecule has 27 heavy (non-hydrogen) atoms. The molecular weight excluding hydrogens is 463 g/mol. The highest BCUT2D eigenvalue weighted by atomic mass is 79.9. The van der Waals surface area contributed by atoms with Crippen molar-refractivity contribution in [2.24, 2.45) is 14.1 Å². The van der Waals surface area contributed by atoms with E-state index in [4.69, 9.17) is 27.9 Å². The van der Waals surface area contributed by atoms with Gasteiger partial charge in [0.15, 0.2) is 15.9 Å². The molecule has 3 rings (SSSR count). The van der Waals surface area contributed by atoms with Crippen molar-refractivity contribution >= 4 is 50.3 Å². The number of halogens is 3. The van der Waals surface area contributed by atoms with E-state index in [9.17, 15) is 14.7 Å². The molecule has 0 amide bonds. The predicted molar refractivity (Wildman–Crippen MR) is 106 cm³/mol. The van der Waals surface area contributed by atoms with Crippen LogP contribution in [0.1, 0.15) is 0 Å². The number of aryl methyl sites for hydroxylation is 1. The van der Waals surface area contributed by atoms with Crippen LogP contribution in [0.25, 0.3) is 11.2 Å². The summed E-state index contributed by atoms with van der Waals surface area (Å²) in [6.07, 6.45) is -0.965. The van der Waals surface area contributed by atoms with E-state index in [-0.39, 0.29) is 24.3 Å². The van der Waals surface area contributed by atoms with E-state index in [1.807, 2.05) is 0 Å². The summed E-state index contributed by atoms with van der Waals surface area (Å²) >= 11 is 15.1. The maximum Gasteiger partial charge on any atom is 0.332 e. The van der Waals surface area contributed by atoms with Gasteiger partial charge in [-0.3, -0.25) is 13.9 Å². The fourth-order valence-electron chi connectivity index (χ4n) is 2.63. The predicted octanol–water partition coefficient (Wildman–Crippen LogP) is 1.94. The van der Waals surface area contributed by atoms with Crippen LogP contribution in [-0.4, -0.2) is 36.5 Å². The van der Waals surface area contributed by atoms with E-state index in [1.165, 1.54) is 29.3 Å². The Morgan fingerprint density at radius 2 is 1.96 bits per heavy atom. The molecule has 11 heteroatoms. The van der Waals surface area contributed by atoms with E-state index < -0.39 is 17.4 Å². The minimum absolute atomic E-state index is 0.0235. The zero-order valence-electron chi connectivity index (χ0n) is 14.3. The summed E-state index contributed by atoms with van der Waals surface area (Å²) in [6.45, 7) is -0.0463. The molecule has 1 aromatic carbocycles. The van der Waals surface area contributed by atoms with Crippen molar-refractivity contribution in [1.29, 1.82) is 0 Å². The minimum atomic E-state index is -0.965. The van der Waals surface area contributed by atoms with Gasteiger partial charge in [0, 0.05) is 19.1 Å². The Morgan fingerprint density at radius 1 is 1.26 bits per heavy atom. The summed E-state index contributed by atoms with van der Waals surface area (Å²) in [5, 5.41) is 11.2. The molecule has 2 heterocycles. The highest BCUT2D eigenvalue weighted by Crippen LogP contribution is 2.27. The third-order valence-electron chi connectivity index (χ3n) is 4.02. The van der Waals surface area contributed by atoms with Gasteiger partial charge in [-0.2, -0.15) is 0 Å². The highest BCUT2D eigenvalue weighted by molar-refractivity contribution is 9.10. The average molecular weight is 478 g/mol. The van der Waals surface area contributed by atoms with Gasteiger partial charge in [0.2, 0.25) is 0 Å². The average Bonchev–Trinajstić information content (AvgIpc) is 2.94. The van der Waals surface area contributed by atoms with Gasteiger partial charge in [0.1, 0.15) is 18.5 Å². The smallest absolute Gasteiger partial charge is 0.332 e. The lowest BCUT2D eigenvalue weighted by Crippen LogP contribution is -2.38. The van der Waals surface area contributed by atoms with Crippen LogP contribution in [0, 0.1) is 0 Å². The van der Waals surface area contributed by atoms with Gasteiger partial charge in [0.05, 0.1) is 11.6 Å². The standard InChI is InChI=1S/C16H15BrCl2N4O4/c1-21-13-12(14(25)22(2)16(21)26)23(15(17)20-13)6-9(24)7-27-11-4-3-8(18)5-10(11)19/h3-5,9,24H,6-7H2,1-2H3. The van der Waals surface area contributed by atoms with Crippen LogP contribution in [0.5, 0.6) is 5.75 Å². The molecule has 2 aromatic heterocycles. The second kappa shape index (κ2) is 7.67. The molecule has 0 bridgehead atoms. The van der Waals surface area contributed by atoms with Gasteiger partial charge < -0.3 is 14.4 Å². The second-order valence-electron chi connectivity index (χ2n) is 5.91. The van der Waals surface area contributed by atoms with Crippen LogP contribution in [0.2, 0.25) is 10.0 Å². The first-order valence-corrected chi connectivity index (χ1v) is 9.33. The molecule has 0 radical (unpaired) electrons. The third-order valence-corrected chi connectivity index (χ3v) is 5.16. The number of fused-ring (bicyclic) bond motifs is 1. The summed E-state index contributed by atoms with van der Waals surface area (Å²) in [4.78, 5) is 28.7. The van der Waals surface area contributed by atoms with Gasteiger partial charge in [-0.1, -0.05) is 23.2 Å². The van der Waals surface area contributed by atoms with E-state index in [1.54, 1.807) is 12.1 Å². The minimum Gasteiger partial charge on any atom is -0.489 e. The number of ether oxygens (including phenoxy) is 1. The fraction of sp³-hybridized carbons (Fsp3) is 0.312. The molecule has 1 atom stereocenters. The lowest BCUT2D eigenvalue weighted by Gasteiger charge is -2.15. The molecule has 0 aliphatic rings. The van der Waals surface area contributed by atoms with Gasteiger partial charge in [-0.05, 0) is 34.1 Å². The molecule has 0 fully saturated rings. The molecule has 1 N–H and O–H groups in total. The molecule has 0 aliphatic carbocycles. The Kier molecular flexibility index (Phi) is 5.66. The number of hydrogen-bond donors (Lipinski definition) is 1. The molecule has 0 spiro atoms. The van der Waals surface area contributed by atoms with Gasteiger partial charge in [0.25, 0.3) is 5.56 Å². The van der Waals surface area contributed by atoms with Crippen molar-refractivity contribution in [2.45, 2.75) is 12.6 Å². The molecule has 3 aromatic rings. The van der Waals surface area contributed by atoms with E-state index in [2.05, 4.69) is 20.9 Å². The largest absolute Gasteiger partial charge is 0.489 e. The van der Waals surface area contributed by atoms with Crippen LogP contribution in [0.15, 0.2) is 32.5 Å². The molecular formula is C16H15BrCl2N4O4. The molecule has 0 aliphatic heterocycles.